The fourth-order valence-corrected chi connectivity index (χ4v) is 5.22. The number of nitrogens with zero attached hydrogens (tertiary/aromatic N) is 5. The van der Waals surface area contributed by atoms with Crippen molar-refractivity contribution in [1.82, 2.24) is 29.8 Å². The Morgan fingerprint density at radius 3 is 2.63 bits per heavy atom. The number of carbonyl (C=O) groups excluding carboxylic acids is 1. The van der Waals surface area contributed by atoms with Crippen LogP contribution < -0.4 is 10.6 Å². The van der Waals surface area contributed by atoms with Gasteiger partial charge in [-0.2, -0.15) is 5.10 Å². The zero-order valence-corrected chi connectivity index (χ0v) is 20.0. The fraction of sp³-hybridized carbons (Fsp3) is 0.333. The predicted octanol–water partition coefficient (Wildman–Crippen LogP) is 4.37. The number of amides is 1. The first-order valence-corrected chi connectivity index (χ1v) is 12.3. The maximum Gasteiger partial charge on any atom is 0.251 e. The summed E-state index contributed by atoms with van der Waals surface area (Å²) in [4.78, 5) is 23.6. The van der Waals surface area contributed by atoms with Gasteiger partial charge in [0.1, 0.15) is 6.33 Å². The lowest BCUT2D eigenvalue weighted by atomic mass is 9.89. The molecule has 8 nitrogen and oxygen atoms in total. The van der Waals surface area contributed by atoms with Gasteiger partial charge in [0, 0.05) is 29.4 Å². The SMILES string of the molecule is CC(C)N1CCC(c2ccc(Nc3ncc(-c4ccc5c(c4)CNC5=O)n4ncnc34)cc2)CC1. The fourth-order valence-electron chi connectivity index (χ4n) is 5.22. The number of piperidine rings is 1. The molecule has 0 saturated carbocycles. The van der Waals surface area contributed by atoms with E-state index in [9.17, 15) is 4.79 Å². The summed E-state index contributed by atoms with van der Waals surface area (Å²) in [5, 5.41) is 10.7. The Morgan fingerprint density at radius 2 is 1.86 bits per heavy atom. The summed E-state index contributed by atoms with van der Waals surface area (Å²) in [6.07, 6.45) is 5.76. The molecule has 35 heavy (non-hydrogen) atoms. The van der Waals surface area contributed by atoms with Crippen molar-refractivity contribution < 1.29 is 4.79 Å². The van der Waals surface area contributed by atoms with Gasteiger partial charge in [0.25, 0.3) is 5.91 Å². The minimum Gasteiger partial charge on any atom is -0.348 e. The molecule has 0 bridgehead atoms. The van der Waals surface area contributed by atoms with Gasteiger partial charge in [0.15, 0.2) is 11.5 Å². The molecular weight excluding hydrogens is 438 g/mol. The van der Waals surface area contributed by atoms with Crippen molar-refractivity contribution in [3.63, 3.8) is 0 Å². The van der Waals surface area contributed by atoms with Gasteiger partial charge in [-0.05, 0) is 81.1 Å². The van der Waals surface area contributed by atoms with Gasteiger partial charge in [0.2, 0.25) is 0 Å². The molecule has 2 aliphatic rings. The van der Waals surface area contributed by atoms with Crippen LogP contribution in [0.1, 0.15) is 54.1 Å². The molecule has 0 radical (unpaired) electrons. The van der Waals surface area contributed by atoms with Crippen molar-refractivity contribution in [3.8, 4) is 11.3 Å². The van der Waals surface area contributed by atoms with Crippen molar-refractivity contribution in [2.75, 3.05) is 18.4 Å². The Hall–Kier alpha value is -3.78. The molecule has 0 aliphatic carbocycles. The molecule has 0 atom stereocenters. The first-order valence-electron chi connectivity index (χ1n) is 12.3. The number of anilines is 2. The van der Waals surface area contributed by atoms with Crippen molar-refractivity contribution in [1.29, 1.82) is 0 Å². The third-order valence-electron chi connectivity index (χ3n) is 7.29. The highest BCUT2D eigenvalue weighted by atomic mass is 16.1. The zero-order chi connectivity index (χ0) is 23.9. The van der Waals surface area contributed by atoms with Crippen LogP contribution in [0.2, 0.25) is 0 Å². The van der Waals surface area contributed by atoms with Crippen LogP contribution in [0, 0.1) is 0 Å². The van der Waals surface area contributed by atoms with E-state index >= 15 is 0 Å². The van der Waals surface area contributed by atoms with Crippen LogP contribution in [-0.2, 0) is 6.54 Å². The van der Waals surface area contributed by atoms with Gasteiger partial charge in [-0.3, -0.25) is 4.79 Å². The number of benzene rings is 2. The standard InChI is InChI=1S/C27H29N7O/c1-17(2)33-11-9-19(10-12-33)18-3-6-22(7-4-18)32-25-26-30-16-31-34(26)24(15-28-25)20-5-8-23-21(13-20)14-29-27(23)35/h3-8,13,15-17,19H,9-12,14H2,1-2H3,(H,28,32)(H,29,35). The Balaban J connectivity index is 1.22. The van der Waals surface area contributed by atoms with E-state index in [1.807, 2.05) is 18.2 Å². The van der Waals surface area contributed by atoms with Crippen molar-refractivity contribution in [3.05, 3.63) is 71.7 Å². The van der Waals surface area contributed by atoms with Gasteiger partial charge < -0.3 is 15.5 Å². The Bertz CT molecular complexity index is 1380. The molecule has 4 aromatic rings. The molecule has 6 rings (SSSR count). The normalized spacial score (nSPS) is 16.6. The summed E-state index contributed by atoms with van der Waals surface area (Å²) in [6.45, 7) is 7.43. The Labute approximate surface area is 204 Å². The highest BCUT2D eigenvalue weighted by Crippen LogP contribution is 2.31. The summed E-state index contributed by atoms with van der Waals surface area (Å²) in [6, 6.07) is 15.1. The van der Waals surface area contributed by atoms with Gasteiger partial charge in [-0.1, -0.05) is 18.2 Å². The Morgan fingerprint density at radius 1 is 1.06 bits per heavy atom. The van der Waals surface area contributed by atoms with E-state index in [1.165, 1.54) is 37.8 Å². The molecule has 2 aromatic heterocycles. The van der Waals surface area contributed by atoms with Crippen LogP contribution in [0.5, 0.6) is 0 Å². The van der Waals surface area contributed by atoms with Gasteiger partial charge in [-0.15, -0.1) is 0 Å². The molecule has 0 spiro atoms. The predicted molar refractivity (Wildman–Crippen MR) is 136 cm³/mol. The van der Waals surface area contributed by atoms with E-state index in [0.29, 0.717) is 30.0 Å². The van der Waals surface area contributed by atoms with E-state index in [1.54, 1.807) is 10.7 Å². The number of carbonyl (C=O) groups is 1. The van der Waals surface area contributed by atoms with Gasteiger partial charge in [0.05, 0.1) is 11.9 Å². The molecule has 1 fully saturated rings. The van der Waals surface area contributed by atoms with Crippen LogP contribution in [0.25, 0.3) is 16.9 Å². The maximum absolute atomic E-state index is 11.9. The highest BCUT2D eigenvalue weighted by Gasteiger charge is 2.22. The maximum atomic E-state index is 11.9. The molecule has 4 heterocycles. The number of hydrogen-bond donors (Lipinski definition) is 2. The zero-order valence-electron chi connectivity index (χ0n) is 20.0. The van der Waals surface area contributed by atoms with E-state index < -0.39 is 0 Å². The number of aromatic nitrogens is 4. The first-order chi connectivity index (χ1) is 17.1. The number of fused-ring (bicyclic) bond motifs is 2. The van der Waals surface area contributed by atoms with Gasteiger partial charge >= 0.3 is 0 Å². The second-order valence-corrected chi connectivity index (χ2v) is 9.69. The topological polar surface area (TPSA) is 87.5 Å². The largest absolute Gasteiger partial charge is 0.348 e. The van der Waals surface area contributed by atoms with Crippen LogP contribution in [0.15, 0.2) is 55.0 Å². The number of rotatable bonds is 5. The van der Waals surface area contributed by atoms with Crippen LogP contribution in [0.4, 0.5) is 11.5 Å². The van der Waals surface area contributed by atoms with Gasteiger partial charge in [-0.25, -0.2) is 14.5 Å². The summed E-state index contributed by atoms with van der Waals surface area (Å²) in [5.41, 5.74) is 6.51. The average Bonchev–Trinajstić information content (AvgIpc) is 3.52. The quantitative estimate of drug-likeness (QED) is 0.453. The lowest BCUT2D eigenvalue weighted by Gasteiger charge is -2.34. The van der Waals surface area contributed by atoms with E-state index in [2.05, 4.69) is 68.7 Å². The lowest BCUT2D eigenvalue weighted by molar-refractivity contribution is 0.0965. The number of nitrogens with one attached hydrogen (secondary N) is 2. The minimum absolute atomic E-state index is 0.0258. The second-order valence-electron chi connectivity index (χ2n) is 9.69. The summed E-state index contributed by atoms with van der Waals surface area (Å²) >= 11 is 0. The molecule has 0 unspecified atom stereocenters. The number of hydrogen-bond acceptors (Lipinski definition) is 6. The van der Waals surface area contributed by atoms with Crippen LogP contribution in [0.3, 0.4) is 0 Å². The highest BCUT2D eigenvalue weighted by molar-refractivity contribution is 5.98. The Kier molecular flexibility index (Phi) is 5.45. The molecule has 8 heteroatoms. The number of likely N-dealkylation sites (tertiary alicyclic amines) is 1. The minimum atomic E-state index is -0.0258. The molecule has 178 valence electrons. The molecular formula is C27H29N7O. The van der Waals surface area contributed by atoms with E-state index in [4.69, 9.17) is 0 Å². The monoisotopic (exact) mass is 467 g/mol. The smallest absolute Gasteiger partial charge is 0.251 e. The molecule has 2 aromatic carbocycles. The molecule has 1 saturated heterocycles. The summed E-state index contributed by atoms with van der Waals surface area (Å²) < 4.78 is 1.79. The molecule has 2 aliphatic heterocycles. The summed E-state index contributed by atoms with van der Waals surface area (Å²) in [7, 11) is 0. The van der Waals surface area contributed by atoms with Crippen LogP contribution in [-0.4, -0.2) is 49.5 Å². The third kappa shape index (κ3) is 4.04. The van der Waals surface area contributed by atoms with Crippen molar-refractivity contribution in [2.24, 2.45) is 0 Å². The summed E-state index contributed by atoms with van der Waals surface area (Å²) in [5.74, 6) is 1.25. The van der Waals surface area contributed by atoms with Crippen molar-refractivity contribution >= 4 is 23.1 Å². The first kappa shape index (κ1) is 21.7. The lowest BCUT2D eigenvalue weighted by Crippen LogP contribution is -2.37. The molecule has 1 amide bonds. The van der Waals surface area contributed by atoms with E-state index in [0.717, 1.165) is 28.1 Å². The second kappa shape index (κ2) is 8.78. The molecule has 2 N–H and O–H groups in total. The van der Waals surface area contributed by atoms with Crippen molar-refractivity contribution in [2.45, 2.75) is 45.2 Å². The van der Waals surface area contributed by atoms with E-state index in [-0.39, 0.29) is 5.91 Å². The average molecular weight is 468 g/mol. The third-order valence-corrected chi connectivity index (χ3v) is 7.29. The van der Waals surface area contributed by atoms with Crippen LogP contribution >= 0.6 is 0 Å².